The summed E-state index contributed by atoms with van der Waals surface area (Å²) in [6, 6.07) is 0. The highest BCUT2D eigenvalue weighted by atomic mass is 19.1. The van der Waals surface area contributed by atoms with Gasteiger partial charge in [-0.05, 0) is 31.2 Å². The summed E-state index contributed by atoms with van der Waals surface area (Å²) in [5, 5.41) is 0. The second-order valence-corrected chi connectivity index (χ2v) is 3.81. The van der Waals surface area contributed by atoms with Gasteiger partial charge in [-0.3, -0.25) is 0 Å². The summed E-state index contributed by atoms with van der Waals surface area (Å²) in [5.41, 5.74) is 5.64. The van der Waals surface area contributed by atoms with E-state index >= 15 is 0 Å². The maximum absolute atomic E-state index is 14.3. The van der Waals surface area contributed by atoms with E-state index in [1.54, 1.807) is 6.26 Å². The van der Waals surface area contributed by atoms with E-state index in [1.807, 2.05) is 6.92 Å². The van der Waals surface area contributed by atoms with Gasteiger partial charge in [-0.15, -0.1) is 0 Å². The average molecular weight is 183 g/mol. The number of halogens is 1. The third-order valence-corrected chi connectivity index (χ3v) is 2.82. The first-order valence-corrected chi connectivity index (χ1v) is 4.60. The van der Waals surface area contributed by atoms with Gasteiger partial charge < -0.3 is 10.2 Å². The van der Waals surface area contributed by atoms with Crippen LogP contribution in [0.3, 0.4) is 0 Å². The molecule has 0 bridgehead atoms. The lowest BCUT2D eigenvalue weighted by molar-refractivity contribution is 0.141. The van der Waals surface area contributed by atoms with Crippen molar-refractivity contribution >= 4 is 0 Å². The van der Waals surface area contributed by atoms with Crippen LogP contribution in [0.5, 0.6) is 0 Å². The second-order valence-electron chi connectivity index (χ2n) is 3.81. The number of hydrogen-bond donors (Lipinski definition) is 1. The van der Waals surface area contributed by atoms with Gasteiger partial charge in [0, 0.05) is 12.1 Å². The molecule has 0 radical (unpaired) electrons. The number of hydrogen-bond acceptors (Lipinski definition) is 2. The van der Waals surface area contributed by atoms with Gasteiger partial charge in [0.05, 0.1) is 12.5 Å². The van der Waals surface area contributed by atoms with E-state index in [1.165, 1.54) is 6.26 Å². The summed E-state index contributed by atoms with van der Waals surface area (Å²) in [7, 11) is 0. The van der Waals surface area contributed by atoms with Crippen LogP contribution in [0.15, 0.2) is 16.9 Å². The molecule has 1 unspecified atom stereocenters. The van der Waals surface area contributed by atoms with Crippen molar-refractivity contribution in [1.82, 2.24) is 0 Å². The standard InChI is InChI=1S/C10H14FNO/c1-7-4-13-5-9(7)10(11,6-12)8-2-3-8/h4-5,8H,2-3,6,12H2,1H3. The summed E-state index contributed by atoms with van der Waals surface area (Å²) in [4.78, 5) is 0. The van der Waals surface area contributed by atoms with Gasteiger partial charge >= 0.3 is 0 Å². The fraction of sp³-hybridized carbons (Fsp3) is 0.600. The van der Waals surface area contributed by atoms with Crippen LogP contribution >= 0.6 is 0 Å². The minimum Gasteiger partial charge on any atom is -0.472 e. The average Bonchev–Trinajstić information content (AvgIpc) is 2.89. The first kappa shape index (κ1) is 8.75. The largest absolute Gasteiger partial charge is 0.472 e. The van der Waals surface area contributed by atoms with Gasteiger partial charge in [0.1, 0.15) is 0 Å². The topological polar surface area (TPSA) is 39.2 Å². The number of alkyl halides is 1. The third kappa shape index (κ3) is 1.27. The number of rotatable bonds is 3. The fourth-order valence-electron chi connectivity index (χ4n) is 1.82. The Morgan fingerprint density at radius 1 is 1.62 bits per heavy atom. The molecule has 1 aliphatic rings. The van der Waals surface area contributed by atoms with Crippen LogP contribution in [-0.4, -0.2) is 6.54 Å². The molecule has 0 spiro atoms. The summed E-state index contributed by atoms with van der Waals surface area (Å²) in [6.45, 7) is 1.91. The van der Waals surface area contributed by atoms with Crippen LogP contribution in [0.1, 0.15) is 24.0 Å². The van der Waals surface area contributed by atoms with Crippen LogP contribution in [-0.2, 0) is 5.67 Å². The molecule has 1 aliphatic carbocycles. The SMILES string of the molecule is Cc1cocc1C(F)(CN)C1CC1. The van der Waals surface area contributed by atoms with E-state index in [2.05, 4.69) is 0 Å². The fourth-order valence-corrected chi connectivity index (χ4v) is 1.82. The third-order valence-electron chi connectivity index (χ3n) is 2.82. The minimum absolute atomic E-state index is 0.0536. The van der Waals surface area contributed by atoms with Gasteiger partial charge in [0.15, 0.2) is 5.67 Å². The van der Waals surface area contributed by atoms with E-state index in [0.717, 1.165) is 18.4 Å². The van der Waals surface area contributed by atoms with E-state index < -0.39 is 5.67 Å². The molecule has 1 aromatic heterocycles. The van der Waals surface area contributed by atoms with E-state index in [-0.39, 0.29) is 12.5 Å². The maximum atomic E-state index is 14.3. The highest BCUT2D eigenvalue weighted by Gasteiger charge is 2.47. The van der Waals surface area contributed by atoms with Crippen LogP contribution in [0.4, 0.5) is 4.39 Å². The Hall–Kier alpha value is -0.830. The Morgan fingerprint density at radius 3 is 2.69 bits per heavy atom. The lowest BCUT2D eigenvalue weighted by atomic mass is 9.90. The van der Waals surface area contributed by atoms with Gasteiger partial charge in [0.2, 0.25) is 0 Å². The molecule has 72 valence electrons. The number of furan rings is 1. The first-order valence-electron chi connectivity index (χ1n) is 4.60. The summed E-state index contributed by atoms with van der Waals surface area (Å²) >= 11 is 0. The normalized spacial score (nSPS) is 21.5. The zero-order valence-corrected chi connectivity index (χ0v) is 7.72. The van der Waals surface area contributed by atoms with Crippen LogP contribution in [0, 0.1) is 12.8 Å². The second kappa shape index (κ2) is 2.84. The first-order chi connectivity index (χ1) is 6.18. The molecule has 2 rings (SSSR count). The molecule has 2 nitrogen and oxygen atoms in total. The highest BCUT2D eigenvalue weighted by Crippen LogP contribution is 2.48. The Morgan fingerprint density at radius 2 is 2.31 bits per heavy atom. The molecule has 0 saturated heterocycles. The maximum Gasteiger partial charge on any atom is 0.154 e. The zero-order chi connectivity index (χ0) is 9.47. The van der Waals surface area contributed by atoms with Crippen LogP contribution < -0.4 is 5.73 Å². The van der Waals surface area contributed by atoms with E-state index in [9.17, 15) is 4.39 Å². The zero-order valence-electron chi connectivity index (χ0n) is 7.72. The summed E-state index contributed by atoms with van der Waals surface area (Å²) in [6.07, 6.45) is 4.94. The van der Waals surface area contributed by atoms with Crippen molar-refractivity contribution in [2.24, 2.45) is 11.7 Å². The van der Waals surface area contributed by atoms with Crippen LogP contribution in [0.2, 0.25) is 0 Å². The molecule has 0 amide bonds. The van der Waals surface area contributed by atoms with E-state index in [0.29, 0.717) is 5.56 Å². The van der Waals surface area contributed by atoms with Crippen molar-refractivity contribution in [1.29, 1.82) is 0 Å². The molecule has 0 aliphatic heterocycles. The van der Waals surface area contributed by atoms with Gasteiger partial charge in [0.25, 0.3) is 0 Å². The molecule has 1 aromatic rings. The van der Waals surface area contributed by atoms with Gasteiger partial charge in [-0.25, -0.2) is 4.39 Å². The molecule has 3 heteroatoms. The number of aryl methyl sites for hydroxylation is 1. The Bertz CT molecular complexity index is 306. The molecule has 1 atom stereocenters. The molecule has 1 heterocycles. The monoisotopic (exact) mass is 183 g/mol. The van der Waals surface area contributed by atoms with Crippen molar-refractivity contribution in [3.8, 4) is 0 Å². The quantitative estimate of drug-likeness (QED) is 0.779. The molecule has 1 fully saturated rings. The minimum atomic E-state index is -1.35. The number of nitrogens with two attached hydrogens (primary N) is 1. The van der Waals surface area contributed by atoms with Gasteiger partial charge in [-0.1, -0.05) is 0 Å². The van der Waals surface area contributed by atoms with Crippen molar-refractivity contribution in [3.05, 3.63) is 23.7 Å². The predicted octanol–water partition coefficient (Wildman–Crippen LogP) is 2.12. The summed E-state index contributed by atoms with van der Waals surface area (Å²) < 4.78 is 19.3. The Balaban J connectivity index is 2.35. The van der Waals surface area contributed by atoms with Crippen molar-refractivity contribution in [2.45, 2.75) is 25.4 Å². The molecular formula is C10H14FNO. The van der Waals surface area contributed by atoms with Crippen LogP contribution in [0.25, 0.3) is 0 Å². The molecule has 0 aromatic carbocycles. The molecule has 1 saturated carbocycles. The Labute approximate surface area is 76.9 Å². The predicted molar refractivity (Wildman–Crippen MR) is 48.0 cm³/mol. The molecule has 13 heavy (non-hydrogen) atoms. The van der Waals surface area contributed by atoms with Crippen molar-refractivity contribution < 1.29 is 8.81 Å². The Kier molecular flexibility index (Phi) is 1.91. The van der Waals surface area contributed by atoms with Gasteiger partial charge in [-0.2, -0.15) is 0 Å². The highest BCUT2D eigenvalue weighted by molar-refractivity contribution is 5.29. The van der Waals surface area contributed by atoms with E-state index in [4.69, 9.17) is 10.2 Å². The lowest BCUT2D eigenvalue weighted by Crippen LogP contribution is -2.32. The summed E-state index contributed by atoms with van der Waals surface area (Å²) in [5.74, 6) is 0.105. The van der Waals surface area contributed by atoms with Crippen molar-refractivity contribution in [2.75, 3.05) is 6.54 Å². The smallest absolute Gasteiger partial charge is 0.154 e. The molecule has 2 N–H and O–H groups in total. The molecular weight excluding hydrogens is 169 g/mol. The lowest BCUT2D eigenvalue weighted by Gasteiger charge is -2.22. The van der Waals surface area contributed by atoms with Crippen molar-refractivity contribution in [3.63, 3.8) is 0 Å².